The number of ether oxygens (including phenoxy) is 1. The molecule has 0 unspecified atom stereocenters. The fraction of sp³-hybridized carbons (Fsp3) is 0.0952. The highest BCUT2D eigenvalue weighted by molar-refractivity contribution is 7.89. The Kier molecular flexibility index (Phi) is 4.34. The average molecular weight is 420 g/mol. The Morgan fingerprint density at radius 3 is 2.70 bits per heavy atom. The van der Waals surface area contributed by atoms with E-state index in [0.717, 1.165) is 5.56 Å². The van der Waals surface area contributed by atoms with Crippen molar-refractivity contribution in [2.45, 2.75) is 11.3 Å². The second-order valence-electron chi connectivity index (χ2n) is 6.84. The maximum Gasteiger partial charge on any atom is 0.272 e. The van der Waals surface area contributed by atoms with Crippen molar-refractivity contribution in [3.05, 3.63) is 76.8 Å². The van der Waals surface area contributed by atoms with E-state index < -0.39 is 10.0 Å². The van der Waals surface area contributed by atoms with Crippen molar-refractivity contribution in [1.82, 2.24) is 19.9 Å². The van der Waals surface area contributed by atoms with E-state index in [0.29, 0.717) is 39.9 Å². The smallest absolute Gasteiger partial charge is 0.272 e. The Bertz CT molecular complexity index is 1430. The number of hydrogen-bond acceptors (Lipinski definition) is 6. The molecule has 2 aromatic heterocycles. The Morgan fingerprint density at radius 2 is 1.87 bits per heavy atom. The average Bonchev–Trinajstić information content (AvgIpc) is 2.76. The number of fused-ring (bicyclic) bond motifs is 2. The van der Waals surface area contributed by atoms with Gasteiger partial charge < -0.3 is 4.74 Å². The van der Waals surface area contributed by atoms with Crippen LogP contribution in [0.4, 0.5) is 0 Å². The molecule has 5 rings (SSSR count). The highest BCUT2D eigenvalue weighted by Gasteiger charge is 2.25. The van der Waals surface area contributed by atoms with Crippen molar-refractivity contribution < 1.29 is 13.2 Å². The zero-order chi connectivity index (χ0) is 20.7. The van der Waals surface area contributed by atoms with E-state index in [4.69, 9.17) is 4.74 Å². The fourth-order valence-electron chi connectivity index (χ4n) is 3.50. The van der Waals surface area contributed by atoms with Crippen LogP contribution in [0.2, 0.25) is 0 Å². The Labute approximate surface area is 171 Å². The Balaban J connectivity index is 1.49. The van der Waals surface area contributed by atoms with Crippen LogP contribution in [-0.4, -0.2) is 30.1 Å². The molecule has 4 aromatic rings. The zero-order valence-corrected chi connectivity index (χ0v) is 16.4. The molecule has 0 fully saturated rings. The second-order valence-corrected chi connectivity index (χ2v) is 8.61. The summed E-state index contributed by atoms with van der Waals surface area (Å²) in [4.78, 5) is 16.2. The van der Waals surface area contributed by atoms with E-state index in [9.17, 15) is 13.2 Å². The van der Waals surface area contributed by atoms with Gasteiger partial charge in [-0.05, 0) is 54.4 Å². The summed E-state index contributed by atoms with van der Waals surface area (Å²) in [6.07, 6.45) is 3.89. The van der Waals surface area contributed by atoms with Crippen molar-refractivity contribution in [1.29, 1.82) is 0 Å². The van der Waals surface area contributed by atoms with E-state index >= 15 is 0 Å². The second kappa shape index (κ2) is 7.05. The highest BCUT2D eigenvalue weighted by Crippen LogP contribution is 2.44. The minimum absolute atomic E-state index is 0.0973. The normalized spacial score (nSPS) is 12.4. The number of aromatic nitrogens is 3. The van der Waals surface area contributed by atoms with Gasteiger partial charge in [0.25, 0.3) is 5.56 Å². The Hall–Kier alpha value is -3.56. The number of pyridine rings is 1. The SMILES string of the molecule is O=c1[nH]nc2c3c(cccc13)Oc1ccc(S(=O)(=O)NCCc3ccncc3)cc1-2. The molecule has 2 N–H and O–H groups in total. The van der Waals surface area contributed by atoms with Crippen LogP contribution in [0.3, 0.4) is 0 Å². The molecule has 30 heavy (non-hydrogen) atoms. The lowest BCUT2D eigenvalue weighted by Crippen LogP contribution is -2.26. The van der Waals surface area contributed by atoms with E-state index in [1.807, 2.05) is 12.1 Å². The van der Waals surface area contributed by atoms with Crippen LogP contribution >= 0.6 is 0 Å². The van der Waals surface area contributed by atoms with Crippen LogP contribution in [0, 0.1) is 0 Å². The quantitative estimate of drug-likeness (QED) is 0.452. The topological polar surface area (TPSA) is 114 Å². The van der Waals surface area contributed by atoms with Gasteiger partial charge in [0.05, 0.1) is 15.7 Å². The number of nitrogens with zero attached hydrogens (tertiary/aromatic N) is 2. The van der Waals surface area contributed by atoms with Crippen LogP contribution < -0.4 is 15.0 Å². The van der Waals surface area contributed by atoms with E-state index in [-0.39, 0.29) is 17.0 Å². The maximum atomic E-state index is 12.8. The predicted octanol–water partition coefficient (Wildman–Crippen LogP) is 2.61. The van der Waals surface area contributed by atoms with Crippen LogP contribution in [0.25, 0.3) is 22.0 Å². The molecule has 0 radical (unpaired) electrons. The van der Waals surface area contributed by atoms with E-state index in [1.165, 1.54) is 12.1 Å². The number of aromatic amines is 1. The minimum atomic E-state index is -3.74. The van der Waals surface area contributed by atoms with Gasteiger partial charge in [0.1, 0.15) is 17.2 Å². The highest BCUT2D eigenvalue weighted by atomic mass is 32.2. The first-order chi connectivity index (χ1) is 14.5. The first kappa shape index (κ1) is 18.5. The van der Waals surface area contributed by atoms with Gasteiger partial charge >= 0.3 is 0 Å². The number of rotatable bonds is 5. The standard InChI is InChI=1S/C21H16N4O4S/c26-21-15-2-1-3-18-19(15)20(24-25-21)16-12-14(4-5-17(16)29-18)30(27,28)23-11-8-13-6-9-22-10-7-13/h1-7,9-10,12,23H,8,11H2,(H,25,26). The molecular weight excluding hydrogens is 404 g/mol. The lowest BCUT2D eigenvalue weighted by molar-refractivity contribution is 0.485. The first-order valence-corrected chi connectivity index (χ1v) is 10.7. The summed E-state index contributed by atoms with van der Waals surface area (Å²) in [6, 6.07) is 13.4. The summed E-state index contributed by atoms with van der Waals surface area (Å²) in [5.74, 6) is 0.991. The number of sulfonamides is 1. The molecule has 0 saturated carbocycles. The van der Waals surface area contributed by atoms with E-state index in [1.54, 1.807) is 36.7 Å². The van der Waals surface area contributed by atoms with Crippen molar-refractivity contribution in [3.8, 4) is 22.8 Å². The van der Waals surface area contributed by atoms with E-state index in [2.05, 4.69) is 19.9 Å². The molecule has 9 heteroatoms. The molecule has 0 saturated heterocycles. The first-order valence-electron chi connectivity index (χ1n) is 9.25. The zero-order valence-electron chi connectivity index (χ0n) is 15.6. The van der Waals surface area contributed by atoms with Crippen molar-refractivity contribution >= 4 is 20.8 Å². The molecular formula is C21H16N4O4S. The van der Waals surface area contributed by atoms with Gasteiger partial charge in [-0.25, -0.2) is 18.2 Å². The number of benzene rings is 2. The summed E-state index contributed by atoms with van der Waals surface area (Å²) < 4.78 is 34.1. The molecule has 0 spiro atoms. The molecule has 0 atom stereocenters. The summed E-state index contributed by atoms with van der Waals surface area (Å²) in [5.41, 5.74) is 1.65. The molecule has 1 aliphatic heterocycles. The van der Waals surface area contributed by atoms with Crippen LogP contribution in [0.5, 0.6) is 11.5 Å². The molecule has 3 heterocycles. The van der Waals surface area contributed by atoms with Crippen molar-refractivity contribution in [2.75, 3.05) is 6.54 Å². The van der Waals surface area contributed by atoms with Crippen LogP contribution in [0.1, 0.15) is 5.56 Å². The predicted molar refractivity (Wildman–Crippen MR) is 111 cm³/mol. The molecule has 2 aromatic carbocycles. The third kappa shape index (κ3) is 3.14. The number of H-pyrrole nitrogens is 1. The summed E-state index contributed by atoms with van der Waals surface area (Å²) >= 11 is 0. The number of hydrogen-bond donors (Lipinski definition) is 2. The lowest BCUT2D eigenvalue weighted by atomic mass is 10.0. The number of nitrogens with one attached hydrogen (secondary N) is 2. The Morgan fingerprint density at radius 1 is 1.03 bits per heavy atom. The molecule has 0 bridgehead atoms. The lowest BCUT2D eigenvalue weighted by Gasteiger charge is -2.20. The molecule has 0 amide bonds. The van der Waals surface area contributed by atoms with Gasteiger partial charge in [-0.15, -0.1) is 0 Å². The molecule has 0 aliphatic carbocycles. The van der Waals surface area contributed by atoms with Gasteiger partial charge in [-0.2, -0.15) is 5.10 Å². The summed E-state index contributed by atoms with van der Waals surface area (Å²) in [6.45, 7) is 0.254. The summed E-state index contributed by atoms with van der Waals surface area (Å²) in [7, 11) is -3.74. The van der Waals surface area contributed by atoms with Gasteiger partial charge in [0.2, 0.25) is 10.0 Å². The molecule has 150 valence electrons. The van der Waals surface area contributed by atoms with Gasteiger partial charge in [-0.3, -0.25) is 9.78 Å². The van der Waals surface area contributed by atoms with Gasteiger partial charge in [0.15, 0.2) is 0 Å². The fourth-order valence-corrected chi connectivity index (χ4v) is 4.56. The molecule has 8 nitrogen and oxygen atoms in total. The van der Waals surface area contributed by atoms with Gasteiger partial charge in [-0.1, -0.05) is 6.07 Å². The van der Waals surface area contributed by atoms with Gasteiger partial charge in [0, 0.05) is 24.5 Å². The largest absolute Gasteiger partial charge is 0.456 e. The van der Waals surface area contributed by atoms with Crippen molar-refractivity contribution in [2.24, 2.45) is 0 Å². The van der Waals surface area contributed by atoms with Crippen LogP contribution in [-0.2, 0) is 16.4 Å². The summed E-state index contributed by atoms with van der Waals surface area (Å²) in [5, 5.41) is 7.64. The third-order valence-electron chi connectivity index (χ3n) is 4.97. The van der Waals surface area contributed by atoms with Crippen LogP contribution in [0.15, 0.2) is 70.6 Å². The molecule has 1 aliphatic rings. The monoisotopic (exact) mass is 420 g/mol. The third-order valence-corrected chi connectivity index (χ3v) is 6.43. The maximum absolute atomic E-state index is 12.8. The minimum Gasteiger partial charge on any atom is -0.456 e. The van der Waals surface area contributed by atoms with Crippen molar-refractivity contribution in [3.63, 3.8) is 0 Å².